The molecule has 3 aromatic rings. The smallest absolute Gasteiger partial charge is 0.319 e. The van der Waals surface area contributed by atoms with Gasteiger partial charge in [0.05, 0.1) is 18.0 Å². The highest BCUT2D eigenvalue weighted by atomic mass is 16.5. The number of rotatable bonds is 7. The molecule has 0 aliphatic rings. The molecule has 0 unspecified atom stereocenters. The second-order valence-corrected chi connectivity index (χ2v) is 6.28. The number of nitrogens with zero attached hydrogens (tertiary/aromatic N) is 3. The van der Waals surface area contributed by atoms with Crippen molar-refractivity contribution in [3.05, 3.63) is 66.6 Å². The summed E-state index contributed by atoms with van der Waals surface area (Å²) in [6.07, 6.45) is 6.06. The van der Waals surface area contributed by atoms with Crippen LogP contribution in [-0.4, -0.2) is 33.4 Å². The van der Waals surface area contributed by atoms with Gasteiger partial charge in [0.2, 0.25) is 5.88 Å². The molecule has 0 saturated carbocycles. The summed E-state index contributed by atoms with van der Waals surface area (Å²) in [6.45, 7) is 4.31. The van der Waals surface area contributed by atoms with Gasteiger partial charge in [0.1, 0.15) is 5.69 Å². The number of anilines is 1. The van der Waals surface area contributed by atoms with Crippen LogP contribution in [0.25, 0.3) is 5.69 Å². The Morgan fingerprint density at radius 1 is 1.19 bits per heavy atom. The van der Waals surface area contributed by atoms with Crippen LogP contribution in [0.15, 0.2) is 61.1 Å². The first-order chi connectivity index (χ1) is 13.1. The van der Waals surface area contributed by atoms with Crippen LogP contribution in [0, 0.1) is 0 Å². The molecule has 140 valence electrons. The van der Waals surface area contributed by atoms with Gasteiger partial charge >= 0.3 is 6.03 Å². The molecule has 3 rings (SSSR count). The maximum atomic E-state index is 12.1. The van der Waals surface area contributed by atoms with Crippen molar-refractivity contribution in [1.29, 1.82) is 0 Å². The predicted octanol–water partition coefficient (Wildman–Crippen LogP) is 3.42. The van der Waals surface area contributed by atoms with Crippen molar-refractivity contribution in [2.24, 2.45) is 0 Å². The van der Waals surface area contributed by atoms with Crippen LogP contribution in [0.5, 0.6) is 5.88 Å². The molecule has 27 heavy (non-hydrogen) atoms. The largest absolute Gasteiger partial charge is 0.473 e. The fourth-order valence-electron chi connectivity index (χ4n) is 2.50. The zero-order valence-electron chi connectivity index (χ0n) is 15.4. The molecule has 2 aromatic heterocycles. The summed E-state index contributed by atoms with van der Waals surface area (Å²) in [5.74, 6) is 0.409. The highest BCUT2D eigenvalue weighted by molar-refractivity contribution is 5.90. The van der Waals surface area contributed by atoms with E-state index in [0.29, 0.717) is 24.5 Å². The zero-order valence-corrected chi connectivity index (χ0v) is 15.4. The van der Waals surface area contributed by atoms with E-state index in [1.54, 1.807) is 18.3 Å². The fourth-order valence-corrected chi connectivity index (χ4v) is 2.50. The van der Waals surface area contributed by atoms with Crippen molar-refractivity contribution in [3.63, 3.8) is 0 Å². The SMILES string of the molecule is CC(C)Oc1ncccc1NC(=O)NCCc1cnn(-c2ccccc2)c1. The molecule has 2 N–H and O–H groups in total. The molecule has 0 atom stereocenters. The normalized spacial score (nSPS) is 10.6. The van der Waals surface area contributed by atoms with Gasteiger partial charge < -0.3 is 15.4 Å². The minimum atomic E-state index is -0.299. The first-order valence-corrected chi connectivity index (χ1v) is 8.87. The van der Waals surface area contributed by atoms with Gasteiger partial charge in [0, 0.05) is 18.9 Å². The number of ether oxygens (including phenoxy) is 1. The summed E-state index contributed by atoms with van der Waals surface area (Å²) in [7, 11) is 0. The predicted molar refractivity (Wildman–Crippen MR) is 104 cm³/mol. The van der Waals surface area contributed by atoms with Crippen LogP contribution in [0.1, 0.15) is 19.4 Å². The van der Waals surface area contributed by atoms with E-state index in [0.717, 1.165) is 11.3 Å². The third-order valence-corrected chi connectivity index (χ3v) is 3.72. The van der Waals surface area contributed by atoms with Gasteiger partial charge in [-0.05, 0) is 50.1 Å². The van der Waals surface area contributed by atoms with Crippen molar-refractivity contribution in [2.45, 2.75) is 26.4 Å². The lowest BCUT2D eigenvalue weighted by molar-refractivity contribution is 0.233. The topological polar surface area (TPSA) is 81.1 Å². The molecule has 7 nitrogen and oxygen atoms in total. The highest BCUT2D eigenvalue weighted by Crippen LogP contribution is 2.21. The molecule has 0 radical (unpaired) electrons. The maximum absolute atomic E-state index is 12.1. The molecule has 1 aromatic carbocycles. The summed E-state index contributed by atoms with van der Waals surface area (Å²) in [6, 6.07) is 13.1. The van der Waals surface area contributed by atoms with E-state index in [-0.39, 0.29) is 12.1 Å². The molecule has 0 spiro atoms. The Balaban J connectivity index is 1.50. The van der Waals surface area contributed by atoms with Gasteiger partial charge in [-0.15, -0.1) is 0 Å². The van der Waals surface area contributed by atoms with Gasteiger partial charge in [0.25, 0.3) is 0 Å². The minimum Gasteiger partial charge on any atom is -0.473 e. The van der Waals surface area contributed by atoms with Gasteiger partial charge in [-0.3, -0.25) is 0 Å². The fraction of sp³-hybridized carbons (Fsp3) is 0.250. The van der Waals surface area contributed by atoms with Gasteiger partial charge in [0.15, 0.2) is 0 Å². The Morgan fingerprint density at radius 3 is 2.78 bits per heavy atom. The number of nitrogens with one attached hydrogen (secondary N) is 2. The monoisotopic (exact) mass is 365 g/mol. The van der Waals surface area contributed by atoms with Crippen molar-refractivity contribution < 1.29 is 9.53 Å². The van der Waals surface area contributed by atoms with Crippen LogP contribution in [0.2, 0.25) is 0 Å². The molecule has 0 bridgehead atoms. The number of hydrogen-bond acceptors (Lipinski definition) is 4. The number of carbonyl (C=O) groups excluding carboxylic acids is 1. The highest BCUT2D eigenvalue weighted by Gasteiger charge is 2.10. The van der Waals surface area contributed by atoms with Crippen LogP contribution in [-0.2, 0) is 6.42 Å². The van der Waals surface area contributed by atoms with E-state index >= 15 is 0 Å². The van der Waals surface area contributed by atoms with Crippen LogP contribution < -0.4 is 15.4 Å². The lowest BCUT2D eigenvalue weighted by Crippen LogP contribution is -2.30. The maximum Gasteiger partial charge on any atom is 0.319 e. The van der Waals surface area contributed by atoms with Crippen molar-refractivity contribution in [3.8, 4) is 11.6 Å². The third kappa shape index (κ3) is 5.31. The molecule has 2 amide bonds. The molecular formula is C20H23N5O2. The Bertz CT molecular complexity index is 877. The van der Waals surface area contributed by atoms with Crippen LogP contribution in [0.4, 0.5) is 10.5 Å². The number of hydrogen-bond donors (Lipinski definition) is 2. The first-order valence-electron chi connectivity index (χ1n) is 8.87. The molecule has 7 heteroatoms. The van der Waals surface area contributed by atoms with Gasteiger partial charge in [-0.2, -0.15) is 5.10 Å². The number of para-hydroxylation sites is 1. The summed E-state index contributed by atoms with van der Waals surface area (Å²) in [5, 5.41) is 9.97. The van der Waals surface area contributed by atoms with Crippen molar-refractivity contribution >= 4 is 11.7 Å². The number of amides is 2. The molecule has 0 fully saturated rings. The lowest BCUT2D eigenvalue weighted by Gasteiger charge is -2.13. The molecule has 0 saturated heterocycles. The average Bonchev–Trinajstić information content (AvgIpc) is 3.13. The molecule has 2 heterocycles. The number of benzene rings is 1. The number of urea groups is 1. The van der Waals surface area contributed by atoms with E-state index in [4.69, 9.17) is 4.74 Å². The van der Waals surface area contributed by atoms with E-state index in [1.165, 1.54) is 0 Å². The van der Waals surface area contributed by atoms with Crippen LogP contribution in [0.3, 0.4) is 0 Å². The van der Waals surface area contributed by atoms with E-state index in [9.17, 15) is 4.79 Å². The number of carbonyl (C=O) groups is 1. The van der Waals surface area contributed by atoms with E-state index < -0.39 is 0 Å². The standard InChI is InChI=1S/C20H23N5O2/c1-15(2)27-19-18(9-6-11-21-19)24-20(26)22-12-10-16-13-23-25(14-16)17-7-4-3-5-8-17/h3-9,11,13-15H,10,12H2,1-2H3,(H2,22,24,26). The Kier molecular flexibility index (Phi) is 6.04. The third-order valence-electron chi connectivity index (χ3n) is 3.72. The molecular weight excluding hydrogens is 342 g/mol. The minimum absolute atomic E-state index is 0.0235. The average molecular weight is 365 g/mol. The Labute approximate surface area is 158 Å². The van der Waals surface area contributed by atoms with Crippen LogP contribution >= 0.6 is 0 Å². The molecule has 0 aliphatic carbocycles. The summed E-state index contributed by atoms with van der Waals surface area (Å²) < 4.78 is 7.42. The summed E-state index contributed by atoms with van der Waals surface area (Å²) in [4.78, 5) is 16.3. The number of aromatic nitrogens is 3. The Hall–Kier alpha value is -3.35. The van der Waals surface area contributed by atoms with Crippen molar-refractivity contribution in [1.82, 2.24) is 20.1 Å². The zero-order chi connectivity index (χ0) is 19.1. The van der Waals surface area contributed by atoms with Gasteiger partial charge in [-0.25, -0.2) is 14.5 Å². The Morgan fingerprint density at radius 2 is 2.00 bits per heavy atom. The van der Waals surface area contributed by atoms with Crippen molar-refractivity contribution in [2.75, 3.05) is 11.9 Å². The summed E-state index contributed by atoms with van der Waals surface area (Å²) in [5.41, 5.74) is 2.59. The van der Waals surface area contributed by atoms with E-state index in [1.807, 2.05) is 61.3 Å². The molecule has 0 aliphatic heterocycles. The van der Waals surface area contributed by atoms with E-state index in [2.05, 4.69) is 20.7 Å². The second-order valence-electron chi connectivity index (χ2n) is 6.28. The lowest BCUT2D eigenvalue weighted by atomic mass is 10.2. The second kappa shape index (κ2) is 8.84. The summed E-state index contributed by atoms with van der Waals surface area (Å²) >= 11 is 0. The quantitative estimate of drug-likeness (QED) is 0.672. The van der Waals surface area contributed by atoms with Gasteiger partial charge in [-0.1, -0.05) is 18.2 Å². The first kappa shape index (κ1) is 18.4. The number of pyridine rings is 1.